The number of anilines is 2. The number of nitrogens with one attached hydrogen (secondary N) is 1. The van der Waals surface area contributed by atoms with Crippen molar-refractivity contribution in [3.63, 3.8) is 0 Å². The lowest BCUT2D eigenvalue weighted by Crippen LogP contribution is -2.25. The minimum absolute atomic E-state index is 0.321. The highest BCUT2D eigenvalue weighted by Crippen LogP contribution is 2.17. The summed E-state index contributed by atoms with van der Waals surface area (Å²) in [4.78, 5) is 27.0. The minimum Gasteiger partial charge on any atom is -0.451 e. The highest BCUT2D eigenvalue weighted by molar-refractivity contribution is 7.92. The number of hydrogen-bond donors (Lipinski definition) is 1. The van der Waals surface area contributed by atoms with Crippen LogP contribution in [0.1, 0.15) is 41.5 Å². The highest BCUT2D eigenvalue weighted by atomic mass is 32.2. The van der Waals surface area contributed by atoms with Gasteiger partial charge < -0.3 is 9.64 Å². The van der Waals surface area contributed by atoms with Crippen molar-refractivity contribution in [2.75, 3.05) is 29.0 Å². The number of ketones is 1. The number of ether oxygens (including phenoxy) is 1. The number of esters is 1. The number of rotatable bonds is 9. The number of hydrogen-bond acceptors (Lipinski definition) is 6. The van der Waals surface area contributed by atoms with Crippen LogP contribution in [0.25, 0.3) is 0 Å². The maximum atomic E-state index is 12.5. The van der Waals surface area contributed by atoms with Crippen molar-refractivity contribution in [1.29, 1.82) is 0 Å². The fourth-order valence-corrected chi connectivity index (χ4v) is 3.39. The van der Waals surface area contributed by atoms with Crippen molar-refractivity contribution < 1.29 is 22.7 Å². The van der Waals surface area contributed by atoms with Crippen LogP contribution >= 0.6 is 0 Å². The molecule has 8 heteroatoms. The van der Waals surface area contributed by atoms with Crippen molar-refractivity contribution in [1.82, 2.24) is 0 Å². The molecule has 0 amide bonds. The van der Waals surface area contributed by atoms with Crippen molar-refractivity contribution >= 4 is 33.2 Å². The summed E-state index contributed by atoms with van der Waals surface area (Å²) >= 11 is 0. The maximum absolute atomic E-state index is 12.5. The number of benzene rings is 2. The molecule has 0 bridgehead atoms. The Hall–Kier alpha value is -2.87. The molecule has 156 valence electrons. The van der Waals surface area contributed by atoms with Crippen LogP contribution in [0.3, 0.4) is 0 Å². The van der Waals surface area contributed by atoms with Crippen LogP contribution in [0.4, 0.5) is 11.4 Å². The Kier molecular flexibility index (Phi) is 7.39. The van der Waals surface area contributed by atoms with E-state index in [0.29, 0.717) is 16.8 Å². The van der Waals surface area contributed by atoms with Gasteiger partial charge in [0.05, 0.1) is 11.8 Å². The maximum Gasteiger partial charge on any atom is 0.338 e. The molecule has 2 rings (SSSR count). The number of sulfonamides is 1. The van der Waals surface area contributed by atoms with Gasteiger partial charge in [0.25, 0.3) is 0 Å². The van der Waals surface area contributed by atoms with Crippen molar-refractivity contribution in [2.45, 2.75) is 26.9 Å². The number of carbonyl (C=O) groups excluding carboxylic acids is 2. The lowest BCUT2D eigenvalue weighted by molar-refractivity contribution is 0.0319. The quantitative estimate of drug-likeness (QED) is 0.496. The molecule has 0 saturated carbocycles. The third kappa shape index (κ3) is 6.32. The second-order valence-corrected chi connectivity index (χ2v) is 8.33. The molecule has 7 nitrogen and oxygen atoms in total. The van der Waals surface area contributed by atoms with Crippen LogP contribution in [-0.4, -0.2) is 45.6 Å². The third-order valence-corrected chi connectivity index (χ3v) is 4.96. The molecule has 2 aromatic rings. The Morgan fingerprint density at radius 1 is 0.966 bits per heavy atom. The molecule has 1 N–H and O–H groups in total. The molecule has 0 radical (unpaired) electrons. The lowest BCUT2D eigenvalue weighted by atomic mass is 10.1. The molecule has 1 atom stereocenters. The van der Waals surface area contributed by atoms with Gasteiger partial charge in [0, 0.05) is 30.0 Å². The molecule has 29 heavy (non-hydrogen) atoms. The van der Waals surface area contributed by atoms with Crippen molar-refractivity contribution in [3.05, 3.63) is 59.7 Å². The Morgan fingerprint density at radius 2 is 1.48 bits per heavy atom. The first-order chi connectivity index (χ1) is 13.6. The molecule has 0 aliphatic heterocycles. The fourth-order valence-electron chi connectivity index (χ4n) is 2.83. The van der Waals surface area contributed by atoms with E-state index in [1.54, 1.807) is 12.1 Å². The van der Waals surface area contributed by atoms with Crippen LogP contribution in [0.2, 0.25) is 0 Å². The van der Waals surface area contributed by atoms with Gasteiger partial charge in [-0.1, -0.05) is 0 Å². The standard InChI is InChI=1S/C21H26N2O5S/c1-5-23(6-2)19-13-9-17(10-14-19)21(25)28-15(3)20(24)16-7-11-18(12-8-16)22-29(4,26)27/h7-15,22H,5-6H2,1-4H3. The lowest BCUT2D eigenvalue weighted by Gasteiger charge is -2.21. The van der Waals surface area contributed by atoms with E-state index in [4.69, 9.17) is 4.74 Å². The van der Waals surface area contributed by atoms with Gasteiger partial charge in [-0.25, -0.2) is 13.2 Å². The minimum atomic E-state index is -3.39. The molecule has 0 aromatic heterocycles. The molecule has 0 heterocycles. The van der Waals surface area contributed by atoms with Crippen molar-refractivity contribution in [3.8, 4) is 0 Å². The zero-order chi connectivity index (χ0) is 21.6. The van der Waals surface area contributed by atoms with Gasteiger partial charge in [-0.15, -0.1) is 0 Å². The number of Topliss-reactive ketones (excluding diaryl/α,β-unsaturated/α-hetero) is 1. The van der Waals surface area contributed by atoms with Crippen LogP contribution in [0.15, 0.2) is 48.5 Å². The van der Waals surface area contributed by atoms with Crippen molar-refractivity contribution in [2.24, 2.45) is 0 Å². The molecule has 0 spiro atoms. The zero-order valence-electron chi connectivity index (χ0n) is 17.0. The van der Waals surface area contributed by atoms with Gasteiger partial charge in [0.15, 0.2) is 6.10 Å². The summed E-state index contributed by atoms with van der Waals surface area (Å²) in [6, 6.07) is 13.0. The summed E-state index contributed by atoms with van der Waals surface area (Å²) < 4.78 is 30.1. The third-order valence-electron chi connectivity index (χ3n) is 4.36. The van der Waals surface area contributed by atoms with Gasteiger partial charge in [-0.05, 0) is 69.3 Å². The van der Waals surface area contributed by atoms with E-state index in [2.05, 4.69) is 23.5 Å². The number of carbonyl (C=O) groups is 2. The highest BCUT2D eigenvalue weighted by Gasteiger charge is 2.20. The molecule has 0 aliphatic carbocycles. The van der Waals surface area contributed by atoms with E-state index in [-0.39, 0.29) is 5.78 Å². The Bertz CT molecular complexity index is 950. The first-order valence-corrected chi connectivity index (χ1v) is 11.2. The van der Waals surface area contributed by atoms with E-state index < -0.39 is 22.1 Å². The fraction of sp³-hybridized carbons (Fsp3) is 0.333. The normalized spacial score (nSPS) is 12.1. The largest absolute Gasteiger partial charge is 0.451 e. The van der Waals surface area contributed by atoms with E-state index in [1.165, 1.54) is 31.2 Å². The van der Waals surface area contributed by atoms with Gasteiger partial charge >= 0.3 is 5.97 Å². The Labute approximate surface area is 171 Å². The summed E-state index contributed by atoms with van der Waals surface area (Å²) in [5.41, 5.74) is 2.05. The predicted octanol–water partition coefficient (Wildman–Crippen LogP) is 3.33. The topological polar surface area (TPSA) is 92.8 Å². The van der Waals surface area contributed by atoms with Crippen LogP contribution in [-0.2, 0) is 14.8 Å². The Morgan fingerprint density at radius 3 is 1.97 bits per heavy atom. The summed E-state index contributed by atoms with van der Waals surface area (Å²) in [5.74, 6) is -0.948. The summed E-state index contributed by atoms with van der Waals surface area (Å²) in [7, 11) is -3.39. The predicted molar refractivity (Wildman–Crippen MR) is 114 cm³/mol. The van der Waals surface area contributed by atoms with Gasteiger partial charge in [0.2, 0.25) is 15.8 Å². The average molecular weight is 419 g/mol. The molecule has 0 saturated heterocycles. The van der Waals surface area contributed by atoms with Crippen LogP contribution in [0.5, 0.6) is 0 Å². The second kappa shape index (κ2) is 9.56. The molecule has 0 aliphatic rings. The van der Waals surface area contributed by atoms with Crippen LogP contribution in [0, 0.1) is 0 Å². The van der Waals surface area contributed by atoms with Gasteiger partial charge in [-0.2, -0.15) is 0 Å². The first kappa shape index (κ1) is 22.4. The van der Waals surface area contributed by atoms with Gasteiger partial charge in [-0.3, -0.25) is 9.52 Å². The number of nitrogens with zero attached hydrogens (tertiary/aromatic N) is 1. The zero-order valence-corrected chi connectivity index (χ0v) is 17.8. The molecule has 2 aromatic carbocycles. The van der Waals surface area contributed by atoms with E-state index in [9.17, 15) is 18.0 Å². The molecular formula is C21H26N2O5S. The van der Waals surface area contributed by atoms with Crippen LogP contribution < -0.4 is 9.62 Å². The van der Waals surface area contributed by atoms with Gasteiger partial charge in [0.1, 0.15) is 0 Å². The monoisotopic (exact) mass is 418 g/mol. The summed E-state index contributed by atoms with van der Waals surface area (Å²) in [5, 5.41) is 0. The molecule has 1 unspecified atom stereocenters. The Balaban J connectivity index is 2.02. The van der Waals surface area contributed by atoms with E-state index in [1.807, 2.05) is 12.1 Å². The first-order valence-electron chi connectivity index (χ1n) is 9.32. The molecular weight excluding hydrogens is 392 g/mol. The molecule has 0 fully saturated rings. The summed E-state index contributed by atoms with van der Waals surface area (Å²) in [6.07, 6.45) is 0.0704. The second-order valence-electron chi connectivity index (χ2n) is 6.58. The summed E-state index contributed by atoms with van der Waals surface area (Å²) in [6.45, 7) is 7.35. The SMILES string of the molecule is CCN(CC)c1ccc(C(=O)OC(C)C(=O)c2ccc(NS(C)(=O)=O)cc2)cc1. The van der Waals surface area contributed by atoms with E-state index in [0.717, 1.165) is 25.0 Å². The smallest absolute Gasteiger partial charge is 0.338 e. The van der Waals surface area contributed by atoms with E-state index >= 15 is 0 Å². The average Bonchev–Trinajstić information content (AvgIpc) is 2.68.